The van der Waals surface area contributed by atoms with E-state index in [-0.39, 0.29) is 0 Å². The predicted molar refractivity (Wildman–Crippen MR) is 93.3 cm³/mol. The highest BCUT2D eigenvalue weighted by atomic mass is 79.9. The molecular weight excluding hydrogens is 372 g/mol. The van der Waals surface area contributed by atoms with Gasteiger partial charge in [0, 0.05) is 18.0 Å². The summed E-state index contributed by atoms with van der Waals surface area (Å²) in [5.41, 5.74) is 0. The lowest BCUT2D eigenvalue weighted by atomic mass is 10.1. The van der Waals surface area contributed by atoms with Gasteiger partial charge in [-0.3, -0.25) is 0 Å². The van der Waals surface area contributed by atoms with E-state index in [1.165, 1.54) is 37.0 Å². The van der Waals surface area contributed by atoms with Gasteiger partial charge in [-0.05, 0) is 35.5 Å². The summed E-state index contributed by atoms with van der Waals surface area (Å²) in [7, 11) is -1.55. The lowest BCUT2D eigenvalue weighted by Crippen LogP contribution is -2.24. The van der Waals surface area contributed by atoms with Gasteiger partial charge in [-0.15, -0.1) is 11.3 Å². The molecule has 7 heteroatoms. The highest BCUT2D eigenvalue weighted by Crippen LogP contribution is 2.31. The standard InChI is InChI=1S/C14H25BrN2O2S2/c1-3-4-5-6-7-8-9-17-21(18,19)13-10-12(11-16-2)20-14(13)15/h10,16-17H,3-9,11H2,1-2H3. The Bertz CT molecular complexity index is 515. The van der Waals surface area contributed by atoms with Crippen LogP contribution in [0.3, 0.4) is 0 Å². The zero-order valence-electron chi connectivity index (χ0n) is 12.7. The SMILES string of the molecule is CCCCCCCCNS(=O)(=O)c1cc(CNC)sc1Br. The van der Waals surface area contributed by atoms with Crippen LogP contribution >= 0.6 is 27.3 Å². The fourth-order valence-electron chi connectivity index (χ4n) is 2.03. The summed E-state index contributed by atoms with van der Waals surface area (Å²) < 4.78 is 27.9. The molecule has 0 saturated carbocycles. The molecule has 0 radical (unpaired) electrons. The van der Waals surface area contributed by atoms with Crippen LogP contribution in [0.1, 0.15) is 50.3 Å². The molecule has 0 amide bonds. The van der Waals surface area contributed by atoms with Crippen molar-refractivity contribution in [2.75, 3.05) is 13.6 Å². The van der Waals surface area contributed by atoms with Crippen molar-refractivity contribution >= 4 is 37.3 Å². The molecule has 2 N–H and O–H groups in total. The number of unbranched alkanes of at least 4 members (excludes halogenated alkanes) is 5. The Morgan fingerprint density at radius 3 is 2.52 bits per heavy atom. The van der Waals surface area contributed by atoms with Crippen molar-refractivity contribution in [2.24, 2.45) is 0 Å². The first-order valence-electron chi connectivity index (χ1n) is 7.43. The quantitative estimate of drug-likeness (QED) is 0.558. The van der Waals surface area contributed by atoms with E-state index in [4.69, 9.17) is 0 Å². The Balaban J connectivity index is 2.43. The van der Waals surface area contributed by atoms with Crippen LogP contribution in [0.2, 0.25) is 0 Å². The van der Waals surface area contributed by atoms with Gasteiger partial charge in [0.05, 0.1) is 3.79 Å². The van der Waals surface area contributed by atoms with Gasteiger partial charge in [-0.1, -0.05) is 39.0 Å². The van der Waals surface area contributed by atoms with E-state index in [1.807, 2.05) is 7.05 Å². The zero-order chi connectivity index (χ0) is 15.7. The summed E-state index contributed by atoms with van der Waals surface area (Å²) in [5.74, 6) is 0. The van der Waals surface area contributed by atoms with Gasteiger partial charge >= 0.3 is 0 Å². The second-order valence-corrected chi connectivity index (χ2v) is 9.24. The molecule has 4 nitrogen and oxygen atoms in total. The molecule has 1 aromatic rings. The summed E-state index contributed by atoms with van der Waals surface area (Å²) >= 11 is 4.80. The van der Waals surface area contributed by atoms with Crippen LogP contribution in [0.5, 0.6) is 0 Å². The molecule has 1 heterocycles. The number of halogens is 1. The molecule has 1 aromatic heterocycles. The molecule has 0 aromatic carbocycles. The summed E-state index contributed by atoms with van der Waals surface area (Å²) in [6, 6.07) is 1.73. The van der Waals surface area contributed by atoms with Crippen molar-refractivity contribution in [2.45, 2.75) is 56.9 Å². The number of hydrogen-bond donors (Lipinski definition) is 2. The van der Waals surface area contributed by atoms with E-state index in [9.17, 15) is 8.42 Å². The first-order valence-corrected chi connectivity index (χ1v) is 10.5. The average Bonchev–Trinajstić information content (AvgIpc) is 2.80. The van der Waals surface area contributed by atoms with Crippen molar-refractivity contribution in [3.8, 4) is 0 Å². The molecule has 0 spiro atoms. The summed E-state index contributed by atoms with van der Waals surface area (Å²) in [4.78, 5) is 1.35. The third-order valence-electron chi connectivity index (χ3n) is 3.17. The predicted octanol–water partition coefficient (Wildman–Crippen LogP) is 3.87. The average molecular weight is 397 g/mol. The normalized spacial score (nSPS) is 12.0. The highest BCUT2D eigenvalue weighted by Gasteiger charge is 2.20. The molecule has 0 aliphatic carbocycles. The monoisotopic (exact) mass is 396 g/mol. The Morgan fingerprint density at radius 2 is 1.86 bits per heavy atom. The molecule has 0 bridgehead atoms. The molecule has 0 aliphatic rings. The van der Waals surface area contributed by atoms with Crippen molar-refractivity contribution in [1.29, 1.82) is 0 Å². The summed E-state index contributed by atoms with van der Waals surface area (Å²) in [5, 5.41) is 3.03. The maximum atomic E-state index is 12.3. The Morgan fingerprint density at radius 1 is 1.19 bits per heavy atom. The fourth-order valence-corrected chi connectivity index (χ4v) is 5.80. The lowest BCUT2D eigenvalue weighted by Gasteiger charge is -2.05. The van der Waals surface area contributed by atoms with Crippen LogP contribution in [0.15, 0.2) is 14.7 Å². The minimum Gasteiger partial charge on any atom is -0.315 e. The molecule has 0 atom stereocenters. The fraction of sp³-hybridized carbons (Fsp3) is 0.714. The topological polar surface area (TPSA) is 58.2 Å². The second kappa shape index (κ2) is 9.94. The number of rotatable bonds is 11. The zero-order valence-corrected chi connectivity index (χ0v) is 16.0. The molecule has 0 unspecified atom stereocenters. The van der Waals surface area contributed by atoms with Crippen LogP contribution in [-0.4, -0.2) is 22.0 Å². The van der Waals surface area contributed by atoms with Crippen molar-refractivity contribution in [1.82, 2.24) is 10.0 Å². The first-order chi connectivity index (χ1) is 10.0. The van der Waals surface area contributed by atoms with Crippen LogP contribution in [0.25, 0.3) is 0 Å². The van der Waals surface area contributed by atoms with E-state index < -0.39 is 10.0 Å². The van der Waals surface area contributed by atoms with Gasteiger partial charge in [0.1, 0.15) is 4.90 Å². The molecule has 21 heavy (non-hydrogen) atoms. The highest BCUT2D eigenvalue weighted by molar-refractivity contribution is 9.11. The maximum absolute atomic E-state index is 12.3. The summed E-state index contributed by atoms with van der Waals surface area (Å²) in [6.07, 6.45) is 6.90. The Kier molecular flexibility index (Phi) is 9.04. The van der Waals surface area contributed by atoms with Crippen molar-refractivity contribution in [3.63, 3.8) is 0 Å². The smallest absolute Gasteiger partial charge is 0.242 e. The van der Waals surface area contributed by atoms with Crippen molar-refractivity contribution < 1.29 is 8.42 Å². The van der Waals surface area contributed by atoms with Crippen LogP contribution < -0.4 is 10.0 Å². The van der Waals surface area contributed by atoms with Gasteiger partial charge in [0.2, 0.25) is 10.0 Å². The third-order valence-corrected chi connectivity index (χ3v) is 6.88. The van der Waals surface area contributed by atoms with Gasteiger partial charge in [-0.2, -0.15) is 0 Å². The number of nitrogens with one attached hydrogen (secondary N) is 2. The molecule has 0 aliphatic heterocycles. The van der Waals surface area contributed by atoms with Crippen molar-refractivity contribution in [3.05, 3.63) is 14.7 Å². The van der Waals surface area contributed by atoms with Gasteiger partial charge in [0.15, 0.2) is 0 Å². The van der Waals surface area contributed by atoms with Gasteiger partial charge in [-0.25, -0.2) is 13.1 Å². The number of sulfonamides is 1. The molecule has 1 rings (SSSR count). The molecular formula is C14H25BrN2O2S2. The van der Waals surface area contributed by atoms with Gasteiger partial charge < -0.3 is 5.32 Å². The maximum Gasteiger partial charge on any atom is 0.242 e. The number of thiophene rings is 1. The third kappa shape index (κ3) is 6.78. The first kappa shape index (κ1) is 19.1. The van der Waals surface area contributed by atoms with E-state index >= 15 is 0 Å². The molecule has 0 saturated heterocycles. The van der Waals surface area contributed by atoms with Gasteiger partial charge in [0.25, 0.3) is 0 Å². The Hall–Kier alpha value is 0.0500. The summed E-state index contributed by atoms with van der Waals surface area (Å²) in [6.45, 7) is 3.38. The number of hydrogen-bond acceptors (Lipinski definition) is 4. The molecule has 0 fully saturated rings. The lowest BCUT2D eigenvalue weighted by molar-refractivity contribution is 0.567. The minimum atomic E-state index is -3.40. The van der Waals surface area contributed by atoms with E-state index in [0.717, 1.165) is 17.7 Å². The largest absolute Gasteiger partial charge is 0.315 e. The Labute approximate surface area is 140 Å². The van der Waals surface area contributed by atoms with Crippen LogP contribution in [-0.2, 0) is 16.6 Å². The minimum absolute atomic E-state index is 0.351. The van der Waals surface area contributed by atoms with E-state index in [0.29, 0.717) is 21.8 Å². The van der Waals surface area contributed by atoms with Crippen LogP contribution in [0.4, 0.5) is 0 Å². The van der Waals surface area contributed by atoms with E-state index in [2.05, 4.69) is 32.9 Å². The second-order valence-electron chi connectivity index (χ2n) is 5.05. The molecule has 122 valence electrons. The van der Waals surface area contributed by atoms with Crippen LogP contribution in [0, 0.1) is 0 Å². The van der Waals surface area contributed by atoms with E-state index in [1.54, 1.807) is 6.07 Å².